The molecule has 6 N–H and O–H groups in total. The fourth-order valence-electron chi connectivity index (χ4n) is 5.73. The highest BCUT2D eigenvalue weighted by molar-refractivity contribution is 6.22. The van der Waals surface area contributed by atoms with E-state index in [-0.39, 0.29) is 41.7 Å². The van der Waals surface area contributed by atoms with Crippen LogP contribution in [-0.4, -0.2) is 62.6 Å². The number of fused-ring (bicyclic) bond motifs is 3. The van der Waals surface area contributed by atoms with Crippen molar-refractivity contribution in [3.05, 3.63) is 69.8 Å². The molecule has 0 spiro atoms. The van der Waals surface area contributed by atoms with Crippen LogP contribution in [-0.2, 0) is 20.8 Å². The highest BCUT2D eigenvalue weighted by Gasteiger charge is 2.60. The van der Waals surface area contributed by atoms with E-state index >= 15 is 0 Å². The number of primary amides is 1. The molecule has 10 heteroatoms. The normalized spacial score (nSPS) is 24.2. The quantitative estimate of drug-likeness (QED) is 0.291. The van der Waals surface area contributed by atoms with Crippen LogP contribution in [0.1, 0.15) is 35.2 Å². The molecule has 38 heavy (non-hydrogen) atoms. The molecule has 0 radical (unpaired) electrons. The van der Waals surface area contributed by atoms with Crippen LogP contribution in [0, 0.1) is 23.7 Å². The number of hydrogen-bond donors (Lipinski definition) is 5. The van der Waals surface area contributed by atoms with Crippen molar-refractivity contribution in [1.82, 2.24) is 4.98 Å². The van der Waals surface area contributed by atoms with Gasteiger partial charge in [-0.15, -0.1) is 0 Å². The van der Waals surface area contributed by atoms with Crippen LogP contribution in [0.15, 0.2) is 47.4 Å². The number of rotatable bonds is 2. The number of carbonyl (C=O) groups excluding carboxylic acids is 3. The Morgan fingerprint density at radius 1 is 1.16 bits per heavy atom. The van der Waals surface area contributed by atoms with Gasteiger partial charge >= 0.3 is 0 Å². The van der Waals surface area contributed by atoms with E-state index in [1.165, 1.54) is 0 Å². The Morgan fingerprint density at radius 3 is 2.53 bits per heavy atom. The highest BCUT2D eigenvalue weighted by Crippen LogP contribution is 2.53. The Hall–Kier alpha value is -4.62. The third kappa shape index (κ3) is 3.55. The molecule has 1 amide bonds. The predicted octanol–water partition coefficient (Wildman–Crippen LogP) is 1.28. The smallest absolute Gasteiger partial charge is 0.255 e. The van der Waals surface area contributed by atoms with Crippen molar-refractivity contribution < 1.29 is 34.8 Å². The number of ketones is 2. The van der Waals surface area contributed by atoms with E-state index in [4.69, 9.17) is 5.73 Å². The number of benzene rings is 1. The van der Waals surface area contributed by atoms with Gasteiger partial charge in [0.25, 0.3) is 5.91 Å². The van der Waals surface area contributed by atoms with Gasteiger partial charge < -0.3 is 31.1 Å². The zero-order valence-electron chi connectivity index (χ0n) is 20.6. The molecule has 0 aliphatic heterocycles. The van der Waals surface area contributed by atoms with Gasteiger partial charge in [0.2, 0.25) is 5.78 Å². The van der Waals surface area contributed by atoms with Gasteiger partial charge in [0.05, 0.1) is 11.1 Å². The number of aliphatic hydroxyl groups excluding tert-OH is 2. The number of carbonyl (C=O) groups is 3. The van der Waals surface area contributed by atoms with E-state index in [2.05, 4.69) is 16.8 Å². The Kier molecular flexibility index (Phi) is 5.76. The van der Waals surface area contributed by atoms with Crippen LogP contribution in [0.3, 0.4) is 0 Å². The third-order valence-corrected chi connectivity index (χ3v) is 7.51. The largest absolute Gasteiger partial charge is 0.508 e. The average Bonchev–Trinajstić information content (AvgIpc) is 2.86. The summed E-state index contributed by atoms with van der Waals surface area (Å²) in [6.07, 6.45) is 1.49. The number of anilines is 1. The van der Waals surface area contributed by atoms with Crippen LogP contribution in [0.2, 0.25) is 0 Å². The SMILES string of the molecule is CN(C)c1cc(C#Cc2ccccn2)c(O)c2c1C[C@H]1C[C@H]3CC(=O)C(C(N)=O)=C(O)[C@@]3(O)C(=O)C1=C2O. The van der Waals surface area contributed by atoms with Crippen molar-refractivity contribution in [3.8, 4) is 17.6 Å². The average molecular weight is 516 g/mol. The minimum Gasteiger partial charge on any atom is -0.508 e. The fraction of sp³-hybridized carbons (Fsp3) is 0.286. The summed E-state index contributed by atoms with van der Waals surface area (Å²) in [5.74, 6) is -0.963. The van der Waals surface area contributed by atoms with Gasteiger partial charge in [-0.2, -0.15) is 0 Å². The Morgan fingerprint density at radius 2 is 1.89 bits per heavy atom. The molecule has 1 heterocycles. The fourth-order valence-corrected chi connectivity index (χ4v) is 5.73. The molecular formula is C28H25N3O7. The Balaban J connectivity index is 1.71. The first-order valence-corrected chi connectivity index (χ1v) is 11.9. The van der Waals surface area contributed by atoms with E-state index < -0.39 is 52.0 Å². The van der Waals surface area contributed by atoms with E-state index in [1.54, 1.807) is 49.5 Å². The van der Waals surface area contributed by atoms with Crippen molar-refractivity contribution in [3.63, 3.8) is 0 Å². The lowest BCUT2D eigenvalue weighted by Gasteiger charge is -2.46. The van der Waals surface area contributed by atoms with Gasteiger partial charge in [0, 0.05) is 43.9 Å². The number of pyridine rings is 1. The van der Waals surface area contributed by atoms with Crippen molar-refractivity contribution in [2.24, 2.45) is 17.6 Å². The number of amides is 1. The number of aliphatic hydroxyl groups is 3. The molecule has 10 nitrogen and oxygen atoms in total. The molecule has 0 unspecified atom stereocenters. The second-order valence-electron chi connectivity index (χ2n) is 9.91. The third-order valence-electron chi connectivity index (χ3n) is 7.51. The van der Waals surface area contributed by atoms with Crippen LogP contribution in [0.25, 0.3) is 5.76 Å². The Labute approximate surface area is 217 Å². The van der Waals surface area contributed by atoms with Gasteiger partial charge in [0.1, 0.15) is 28.5 Å². The molecule has 0 saturated heterocycles. The van der Waals surface area contributed by atoms with Crippen LogP contribution < -0.4 is 10.6 Å². The predicted molar refractivity (Wildman–Crippen MR) is 136 cm³/mol. The first-order chi connectivity index (χ1) is 18.0. The minimum atomic E-state index is -2.61. The summed E-state index contributed by atoms with van der Waals surface area (Å²) in [6, 6.07) is 6.89. The molecule has 3 aliphatic rings. The van der Waals surface area contributed by atoms with Crippen LogP contribution in [0.5, 0.6) is 5.75 Å². The standard InChI is InChI=1S/C28H25N3O7/c1-31(2)18-11-13(6-7-16-5-3-4-8-30-16)23(33)21-17(18)10-14-9-15-12-19(32)22(27(29)37)26(36)28(15,38)25(35)20(14)24(21)34/h3-5,8,11,14-15,33-34,36,38H,9-10,12H2,1-2H3,(H2,29,37)/t14-,15+,28+/m1/s1. The lowest BCUT2D eigenvalue weighted by Crippen LogP contribution is -2.58. The lowest BCUT2D eigenvalue weighted by molar-refractivity contribution is -0.147. The van der Waals surface area contributed by atoms with Crippen LogP contribution in [0.4, 0.5) is 5.69 Å². The summed E-state index contributed by atoms with van der Waals surface area (Å²) in [5.41, 5.74) is 3.48. The first kappa shape index (κ1) is 25.0. The van der Waals surface area contributed by atoms with Gasteiger partial charge in [-0.3, -0.25) is 14.4 Å². The summed E-state index contributed by atoms with van der Waals surface area (Å²) in [4.78, 5) is 43.9. The van der Waals surface area contributed by atoms with Gasteiger partial charge in [0.15, 0.2) is 11.4 Å². The maximum Gasteiger partial charge on any atom is 0.255 e. The second-order valence-corrected chi connectivity index (χ2v) is 9.91. The zero-order chi connectivity index (χ0) is 27.5. The topological polar surface area (TPSA) is 174 Å². The second kappa shape index (κ2) is 8.75. The molecule has 2 aromatic rings. The molecule has 0 bridgehead atoms. The van der Waals surface area contributed by atoms with Crippen molar-refractivity contribution in [1.29, 1.82) is 0 Å². The summed E-state index contributed by atoms with van der Waals surface area (Å²) in [7, 11) is 3.58. The molecule has 5 rings (SSSR count). The highest BCUT2D eigenvalue weighted by atomic mass is 16.3. The number of phenolic OH excluding ortho intramolecular Hbond substituents is 1. The monoisotopic (exact) mass is 515 g/mol. The summed E-state index contributed by atoms with van der Waals surface area (Å²) in [6.45, 7) is 0. The maximum absolute atomic E-state index is 13.7. The maximum atomic E-state index is 13.7. The van der Waals surface area contributed by atoms with Gasteiger partial charge in [-0.25, -0.2) is 4.98 Å². The minimum absolute atomic E-state index is 0.00588. The summed E-state index contributed by atoms with van der Waals surface area (Å²) in [5, 5.41) is 44.7. The molecule has 1 saturated carbocycles. The van der Waals surface area contributed by atoms with Crippen molar-refractivity contribution in [2.45, 2.75) is 24.9 Å². The van der Waals surface area contributed by atoms with E-state index in [0.717, 1.165) is 0 Å². The van der Waals surface area contributed by atoms with E-state index in [0.29, 0.717) is 16.9 Å². The number of aromatic nitrogens is 1. The molecule has 3 aliphatic carbocycles. The Bertz CT molecular complexity index is 1550. The molecule has 194 valence electrons. The lowest BCUT2D eigenvalue weighted by atomic mass is 9.59. The molecule has 1 aromatic heterocycles. The number of hydrogen-bond acceptors (Lipinski definition) is 9. The number of aromatic hydroxyl groups is 1. The molecule has 1 aromatic carbocycles. The molecule has 1 fully saturated rings. The molecule has 3 atom stereocenters. The summed E-state index contributed by atoms with van der Waals surface area (Å²) >= 11 is 0. The van der Waals surface area contributed by atoms with Gasteiger partial charge in [-0.1, -0.05) is 12.0 Å². The van der Waals surface area contributed by atoms with Crippen molar-refractivity contribution in [2.75, 3.05) is 19.0 Å². The first-order valence-electron chi connectivity index (χ1n) is 11.9. The molecular weight excluding hydrogens is 490 g/mol. The van der Waals surface area contributed by atoms with Gasteiger partial charge in [-0.05, 0) is 48.4 Å². The number of phenols is 1. The van der Waals surface area contributed by atoms with E-state index in [9.17, 15) is 34.8 Å². The number of nitrogens with zero attached hydrogens (tertiary/aromatic N) is 2. The summed E-state index contributed by atoms with van der Waals surface area (Å²) < 4.78 is 0. The number of nitrogens with two attached hydrogens (primary N) is 1. The zero-order valence-corrected chi connectivity index (χ0v) is 20.6. The van der Waals surface area contributed by atoms with Crippen LogP contribution >= 0.6 is 0 Å². The van der Waals surface area contributed by atoms with E-state index in [1.807, 2.05) is 0 Å². The van der Waals surface area contributed by atoms with Crippen molar-refractivity contribution >= 4 is 28.9 Å². The number of Topliss-reactive ketones (excluding diaryl/α,β-unsaturated/α-hetero) is 2.